The van der Waals surface area contributed by atoms with E-state index in [0.717, 1.165) is 32.0 Å². The monoisotopic (exact) mass is 271 g/mol. The molecule has 0 aromatic rings. The number of hydrogen-bond donors (Lipinski definition) is 3. The largest absolute Gasteiger partial charge is 0.394 e. The van der Waals surface area contributed by atoms with Crippen LogP contribution in [-0.4, -0.2) is 54.4 Å². The van der Waals surface area contributed by atoms with Crippen LogP contribution in [0.1, 0.15) is 40.0 Å². The van der Waals surface area contributed by atoms with Crippen molar-refractivity contribution in [2.24, 2.45) is 5.92 Å². The minimum atomic E-state index is -0.182. The summed E-state index contributed by atoms with van der Waals surface area (Å²) in [5.74, 6) is 0.758. The van der Waals surface area contributed by atoms with Crippen molar-refractivity contribution < 1.29 is 9.90 Å². The summed E-state index contributed by atoms with van der Waals surface area (Å²) >= 11 is 0. The Morgan fingerprint density at radius 2 is 2.21 bits per heavy atom. The first-order valence-corrected chi connectivity index (χ1v) is 7.45. The molecule has 0 bridgehead atoms. The molecule has 1 aliphatic rings. The van der Waals surface area contributed by atoms with Gasteiger partial charge in [0.15, 0.2) is 0 Å². The molecule has 0 aromatic heterocycles. The highest BCUT2D eigenvalue weighted by Gasteiger charge is 2.19. The molecule has 2 amide bonds. The summed E-state index contributed by atoms with van der Waals surface area (Å²) in [5, 5.41) is 14.8. The standard InChI is InChI=1S/C14H29N3O2/c1-4-13(10-18)16-14(19)15-12(3)9-17-7-5-6-11(2)8-17/h11-13,18H,4-10H2,1-3H3,(H2,15,16,19). The number of carbonyl (C=O) groups is 1. The zero-order chi connectivity index (χ0) is 14.3. The van der Waals surface area contributed by atoms with Crippen molar-refractivity contribution >= 4 is 6.03 Å². The SMILES string of the molecule is CCC(CO)NC(=O)NC(C)CN1CCCC(C)C1. The molecule has 3 unspecified atom stereocenters. The normalized spacial score (nSPS) is 23.7. The molecular formula is C14H29N3O2. The minimum Gasteiger partial charge on any atom is -0.394 e. The summed E-state index contributed by atoms with van der Waals surface area (Å²) in [4.78, 5) is 14.2. The molecule has 1 saturated heterocycles. The molecular weight excluding hydrogens is 242 g/mol. The summed E-state index contributed by atoms with van der Waals surface area (Å²) in [6, 6.07) is -0.206. The fraction of sp³-hybridized carbons (Fsp3) is 0.929. The number of likely N-dealkylation sites (tertiary alicyclic amines) is 1. The topological polar surface area (TPSA) is 64.6 Å². The number of amides is 2. The van der Waals surface area contributed by atoms with Gasteiger partial charge >= 0.3 is 6.03 Å². The molecule has 3 N–H and O–H groups in total. The third-order valence-corrected chi connectivity index (χ3v) is 3.70. The van der Waals surface area contributed by atoms with Crippen LogP contribution in [0.25, 0.3) is 0 Å². The van der Waals surface area contributed by atoms with Crippen molar-refractivity contribution in [3.63, 3.8) is 0 Å². The van der Waals surface area contributed by atoms with Gasteiger partial charge < -0.3 is 20.6 Å². The van der Waals surface area contributed by atoms with Gasteiger partial charge in [-0.25, -0.2) is 4.79 Å². The van der Waals surface area contributed by atoms with Gasteiger partial charge in [-0.2, -0.15) is 0 Å². The van der Waals surface area contributed by atoms with E-state index in [0.29, 0.717) is 0 Å². The van der Waals surface area contributed by atoms with E-state index in [2.05, 4.69) is 22.5 Å². The zero-order valence-electron chi connectivity index (χ0n) is 12.5. The Kier molecular flexibility index (Phi) is 7.16. The Morgan fingerprint density at radius 3 is 2.79 bits per heavy atom. The minimum absolute atomic E-state index is 0.0120. The van der Waals surface area contributed by atoms with Crippen molar-refractivity contribution in [1.29, 1.82) is 0 Å². The predicted octanol–water partition coefficient (Wildman–Crippen LogP) is 1.18. The van der Waals surface area contributed by atoms with Crippen LogP contribution in [0.15, 0.2) is 0 Å². The highest BCUT2D eigenvalue weighted by Crippen LogP contribution is 2.15. The highest BCUT2D eigenvalue weighted by atomic mass is 16.3. The van der Waals surface area contributed by atoms with Crippen molar-refractivity contribution in [3.8, 4) is 0 Å². The molecule has 5 heteroatoms. The lowest BCUT2D eigenvalue weighted by atomic mass is 10.00. The van der Waals surface area contributed by atoms with Crippen LogP contribution in [0.2, 0.25) is 0 Å². The number of carbonyl (C=O) groups excluding carboxylic acids is 1. The Hall–Kier alpha value is -0.810. The third kappa shape index (κ3) is 6.25. The van der Waals surface area contributed by atoms with Gasteiger partial charge in [-0.1, -0.05) is 13.8 Å². The van der Waals surface area contributed by atoms with E-state index in [1.165, 1.54) is 12.8 Å². The number of aliphatic hydroxyl groups excluding tert-OH is 1. The van der Waals surface area contributed by atoms with E-state index in [1.54, 1.807) is 0 Å². The molecule has 1 rings (SSSR count). The molecule has 0 aliphatic carbocycles. The number of urea groups is 1. The van der Waals surface area contributed by atoms with Gasteiger partial charge in [0.2, 0.25) is 0 Å². The number of hydrogen-bond acceptors (Lipinski definition) is 3. The summed E-state index contributed by atoms with van der Waals surface area (Å²) in [6.07, 6.45) is 3.30. The van der Waals surface area contributed by atoms with Crippen molar-refractivity contribution in [2.45, 2.75) is 52.1 Å². The van der Waals surface area contributed by atoms with E-state index >= 15 is 0 Å². The Bertz CT molecular complexity index is 269. The van der Waals surface area contributed by atoms with E-state index in [1.807, 2.05) is 13.8 Å². The summed E-state index contributed by atoms with van der Waals surface area (Å²) in [6.45, 7) is 9.40. The van der Waals surface area contributed by atoms with Gasteiger partial charge in [0.05, 0.1) is 12.6 Å². The van der Waals surface area contributed by atoms with Crippen LogP contribution < -0.4 is 10.6 Å². The smallest absolute Gasteiger partial charge is 0.315 e. The van der Waals surface area contributed by atoms with Crippen LogP contribution in [0, 0.1) is 5.92 Å². The van der Waals surface area contributed by atoms with Crippen molar-refractivity contribution in [1.82, 2.24) is 15.5 Å². The molecule has 1 fully saturated rings. The maximum atomic E-state index is 11.7. The number of aliphatic hydroxyl groups is 1. The Balaban J connectivity index is 2.26. The molecule has 0 saturated carbocycles. The fourth-order valence-corrected chi connectivity index (χ4v) is 2.61. The first-order valence-electron chi connectivity index (χ1n) is 7.45. The number of rotatable bonds is 6. The number of piperidine rings is 1. The van der Waals surface area contributed by atoms with Gasteiger partial charge in [0, 0.05) is 19.1 Å². The zero-order valence-corrected chi connectivity index (χ0v) is 12.5. The van der Waals surface area contributed by atoms with Gasteiger partial charge in [-0.05, 0) is 38.6 Å². The first kappa shape index (κ1) is 16.2. The second-order valence-electron chi connectivity index (χ2n) is 5.81. The lowest BCUT2D eigenvalue weighted by Gasteiger charge is -2.33. The number of nitrogens with zero attached hydrogens (tertiary/aromatic N) is 1. The van der Waals surface area contributed by atoms with Gasteiger partial charge in [-0.3, -0.25) is 0 Å². The van der Waals surface area contributed by atoms with Crippen molar-refractivity contribution in [3.05, 3.63) is 0 Å². The summed E-state index contributed by atoms with van der Waals surface area (Å²) in [7, 11) is 0. The molecule has 5 nitrogen and oxygen atoms in total. The molecule has 1 heterocycles. The van der Waals surface area contributed by atoms with Crippen molar-refractivity contribution in [2.75, 3.05) is 26.2 Å². The summed E-state index contributed by atoms with van der Waals surface area (Å²) in [5.41, 5.74) is 0. The maximum Gasteiger partial charge on any atom is 0.315 e. The molecule has 1 aliphatic heterocycles. The van der Waals surface area contributed by atoms with Crippen LogP contribution in [0.3, 0.4) is 0 Å². The lowest BCUT2D eigenvalue weighted by Crippen LogP contribution is -2.50. The Labute approximate surface area is 116 Å². The second-order valence-corrected chi connectivity index (χ2v) is 5.81. The quantitative estimate of drug-likeness (QED) is 0.679. The van der Waals surface area contributed by atoms with Crippen LogP contribution in [0.4, 0.5) is 4.79 Å². The molecule has 0 radical (unpaired) electrons. The highest BCUT2D eigenvalue weighted by molar-refractivity contribution is 5.74. The Morgan fingerprint density at radius 1 is 1.47 bits per heavy atom. The molecule has 19 heavy (non-hydrogen) atoms. The van der Waals surface area contributed by atoms with E-state index in [9.17, 15) is 4.79 Å². The molecule has 0 aromatic carbocycles. The average molecular weight is 271 g/mol. The second kappa shape index (κ2) is 8.38. The lowest BCUT2D eigenvalue weighted by molar-refractivity contribution is 0.168. The van der Waals surface area contributed by atoms with E-state index < -0.39 is 0 Å². The third-order valence-electron chi connectivity index (χ3n) is 3.70. The van der Waals surface area contributed by atoms with Crippen LogP contribution in [-0.2, 0) is 0 Å². The fourth-order valence-electron chi connectivity index (χ4n) is 2.61. The predicted molar refractivity (Wildman–Crippen MR) is 77.1 cm³/mol. The van der Waals surface area contributed by atoms with Crippen LogP contribution >= 0.6 is 0 Å². The molecule has 3 atom stereocenters. The average Bonchev–Trinajstić information content (AvgIpc) is 2.35. The van der Waals surface area contributed by atoms with E-state index in [4.69, 9.17) is 5.11 Å². The summed E-state index contributed by atoms with van der Waals surface area (Å²) < 4.78 is 0. The van der Waals surface area contributed by atoms with Gasteiger partial charge in [-0.15, -0.1) is 0 Å². The molecule has 0 spiro atoms. The van der Waals surface area contributed by atoms with E-state index in [-0.39, 0.29) is 24.7 Å². The van der Waals surface area contributed by atoms with Gasteiger partial charge in [0.25, 0.3) is 0 Å². The molecule has 112 valence electrons. The van der Waals surface area contributed by atoms with Crippen LogP contribution in [0.5, 0.6) is 0 Å². The first-order chi connectivity index (χ1) is 9.05. The van der Waals surface area contributed by atoms with Gasteiger partial charge in [0.1, 0.15) is 0 Å². The maximum absolute atomic E-state index is 11.7. The number of nitrogens with one attached hydrogen (secondary N) is 2.